The smallest absolute Gasteiger partial charge is 0.363 e. The third kappa shape index (κ3) is 3.32. The van der Waals surface area contributed by atoms with E-state index in [4.69, 9.17) is 14.8 Å². The van der Waals surface area contributed by atoms with E-state index in [-0.39, 0.29) is 27.6 Å². The van der Waals surface area contributed by atoms with Gasteiger partial charge in [-0.05, 0) is 22.5 Å². The van der Waals surface area contributed by atoms with Crippen molar-refractivity contribution in [3.8, 4) is 5.75 Å². The highest BCUT2D eigenvalue weighted by molar-refractivity contribution is 7.62. The zero-order chi connectivity index (χ0) is 17.5. The maximum Gasteiger partial charge on any atom is 0.363 e. The second kappa shape index (κ2) is 5.88. The largest absolute Gasteiger partial charge is 0.505 e. The van der Waals surface area contributed by atoms with Crippen LogP contribution in [0.1, 0.15) is 52.7 Å². The van der Waals surface area contributed by atoms with Gasteiger partial charge >= 0.3 is 7.60 Å². The molecular formula is C16H28NO4P. The Hall–Kier alpha value is -1.03. The maximum atomic E-state index is 12.9. The van der Waals surface area contributed by atoms with E-state index in [9.17, 15) is 9.67 Å². The molecule has 0 spiro atoms. The second-order valence-corrected chi connectivity index (χ2v) is 9.62. The number of hydrogen-bond donors (Lipinski definition) is 2. The summed E-state index contributed by atoms with van der Waals surface area (Å²) >= 11 is 0. The Bertz CT molecular complexity index is 604. The van der Waals surface area contributed by atoms with Gasteiger partial charge in [-0.25, -0.2) is 0 Å². The van der Waals surface area contributed by atoms with Crippen molar-refractivity contribution >= 4 is 18.6 Å². The zero-order valence-electron chi connectivity index (χ0n) is 14.8. The standard InChI is InChI=1S/C16H28NO4P/c1-15(2,3)10-9-11(16(4,5)6)14(12(17)13(10)18)22(19,20-7)21-8/h9,18H,17H2,1-8H3. The highest BCUT2D eigenvalue weighted by Crippen LogP contribution is 2.52. The summed E-state index contributed by atoms with van der Waals surface area (Å²) in [7, 11) is -0.968. The molecule has 22 heavy (non-hydrogen) atoms. The van der Waals surface area contributed by atoms with Crippen molar-refractivity contribution in [2.75, 3.05) is 20.0 Å². The van der Waals surface area contributed by atoms with E-state index in [0.717, 1.165) is 5.56 Å². The summed E-state index contributed by atoms with van der Waals surface area (Å²) in [4.78, 5) is 0. The molecule has 0 aliphatic rings. The van der Waals surface area contributed by atoms with Crippen molar-refractivity contribution in [3.05, 3.63) is 17.2 Å². The Morgan fingerprint density at radius 3 is 1.73 bits per heavy atom. The van der Waals surface area contributed by atoms with Crippen LogP contribution in [0.15, 0.2) is 6.07 Å². The fourth-order valence-corrected chi connectivity index (χ4v) is 3.99. The number of nitrogens with two attached hydrogens (primary N) is 1. The SMILES string of the molecule is COP(=O)(OC)c1c(C(C)(C)C)cc(C(C)(C)C)c(O)c1N. The van der Waals surface area contributed by atoms with Gasteiger partial charge in [0.05, 0.1) is 11.0 Å². The number of benzene rings is 1. The molecule has 6 heteroatoms. The molecule has 0 aromatic heterocycles. The van der Waals surface area contributed by atoms with Gasteiger partial charge in [0.25, 0.3) is 0 Å². The number of phenolic OH excluding ortho intramolecular Hbond substituents is 1. The molecule has 0 unspecified atom stereocenters. The van der Waals surface area contributed by atoms with E-state index in [1.54, 1.807) is 0 Å². The van der Waals surface area contributed by atoms with Gasteiger partial charge in [0.1, 0.15) is 5.75 Å². The van der Waals surface area contributed by atoms with Crippen molar-refractivity contribution < 1.29 is 18.7 Å². The summed E-state index contributed by atoms with van der Waals surface area (Å²) in [5, 5.41) is 10.7. The zero-order valence-corrected chi connectivity index (χ0v) is 15.7. The molecule has 0 amide bonds. The summed E-state index contributed by atoms with van der Waals surface area (Å²) in [6.07, 6.45) is 0. The number of nitrogen functional groups attached to an aromatic ring is 1. The Morgan fingerprint density at radius 2 is 1.41 bits per heavy atom. The third-order valence-corrected chi connectivity index (χ3v) is 5.67. The van der Waals surface area contributed by atoms with E-state index >= 15 is 0 Å². The molecule has 0 radical (unpaired) electrons. The highest BCUT2D eigenvalue weighted by atomic mass is 31.2. The first-order valence-electron chi connectivity index (χ1n) is 7.18. The molecular weight excluding hydrogens is 301 g/mol. The lowest BCUT2D eigenvalue weighted by atomic mass is 9.79. The molecule has 0 fully saturated rings. The van der Waals surface area contributed by atoms with Gasteiger partial charge in [-0.2, -0.15) is 0 Å². The van der Waals surface area contributed by atoms with Gasteiger partial charge in [0, 0.05) is 19.8 Å². The Morgan fingerprint density at radius 1 is 1.00 bits per heavy atom. The predicted molar refractivity (Wildman–Crippen MR) is 91.2 cm³/mol. The fourth-order valence-electron chi connectivity index (χ4n) is 2.38. The van der Waals surface area contributed by atoms with Crippen LogP contribution in [-0.2, 0) is 24.4 Å². The Labute approximate surface area is 133 Å². The van der Waals surface area contributed by atoms with Gasteiger partial charge in [-0.15, -0.1) is 0 Å². The van der Waals surface area contributed by atoms with Gasteiger partial charge in [-0.3, -0.25) is 4.57 Å². The minimum atomic E-state index is -3.59. The molecule has 0 saturated heterocycles. The summed E-state index contributed by atoms with van der Waals surface area (Å²) in [5.74, 6) is -0.0650. The lowest BCUT2D eigenvalue weighted by Gasteiger charge is -2.31. The molecule has 1 aromatic rings. The van der Waals surface area contributed by atoms with E-state index in [1.807, 2.05) is 47.6 Å². The topological polar surface area (TPSA) is 81.8 Å². The average Bonchev–Trinajstić information content (AvgIpc) is 2.37. The summed E-state index contributed by atoms with van der Waals surface area (Å²) < 4.78 is 23.1. The predicted octanol–water partition coefficient (Wildman–Crippen LogP) is 3.68. The van der Waals surface area contributed by atoms with Crippen LogP contribution in [0.4, 0.5) is 5.69 Å². The van der Waals surface area contributed by atoms with Gasteiger partial charge < -0.3 is 19.9 Å². The summed E-state index contributed by atoms with van der Waals surface area (Å²) in [6, 6.07) is 1.85. The number of phenols is 1. The van der Waals surface area contributed by atoms with E-state index in [2.05, 4.69) is 0 Å². The molecule has 0 atom stereocenters. The first-order valence-corrected chi connectivity index (χ1v) is 8.72. The van der Waals surface area contributed by atoms with E-state index in [0.29, 0.717) is 5.56 Å². The first-order chi connectivity index (χ1) is 9.79. The lowest BCUT2D eigenvalue weighted by molar-refractivity contribution is 0.286. The normalized spacial score (nSPS) is 13.5. The van der Waals surface area contributed by atoms with Crippen LogP contribution in [0.2, 0.25) is 0 Å². The maximum absolute atomic E-state index is 12.9. The molecule has 0 saturated carbocycles. The van der Waals surface area contributed by atoms with Crippen LogP contribution < -0.4 is 11.0 Å². The molecule has 0 aliphatic heterocycles. The monoisotopic (exact) mass is 329 g/mol. The number of rotatable bonds is 3. The fraction of sp³-hybridized carbons (Fsp3) is 0.625. The molecule has 0 bridgehead atoms. The highest BCUT2D eigenvalue weighted by Gasteiger charge is 2.37. The van der Waals surface area contributed by atoms with Crippen LogP contribution in [0.5, 0.6) is 5.75 Å². The molecule has 1 rings (SSSR count). The minimum absolute atomic E-state index is 0.0596. The van der Waals surface area contributed by atoms with Crippen LogP contribution in [0.3, 0.4) is 0 Å². The molecule has 1 aromatic carbocycles. The van der Waals surface area contributed by atoms with Gasteiger partial charge in [0.15, 0.2) is 0 Å². The summed E-state index contributed by atoms with van der Waals surface area (Å²) in [5.41, 5.74) is 7.00. The van der Waals surface area contributed by atoms with Crippen LogP contribution in [-0.4, -0.2) is 19.3 Å². The van der Waals surface area contributed by atoms with Crippen molar-refractivity contribution in [3.63, 3.8) is 0 Å². The van der Waals surface area contributed by atoms with Gasteiger partial charge in [0.2, 0.25) is 0 Å². The third-order valence-electron chi connectivity index (χ3n) is 3.68. The quantitative estimate of drug-likeness (QED) is 0.502. The van der Waals surface area contributed by atoms with Crippen molar-refractivity contribution in [2.45, 2.75) is 52.4 Å². The van der Waals surface area contributed by atoms with E-state index in [1.165, 1.54) is 14.2 Å². The molecule has 126 valence electrons. The molecule has 3 N–H and O–H groups in total. The molecule has 0 heterocycles. The second-order valence-electron chi connectivity index (χ2n) is 7.45. The number of anilines is 1. The summed E-state index contributed by atoms with van der Waals surface area (Å²) in [6.45, 7) is 11.9. The van der Waals surface area contributed by atoms with Crippen molar-refractivity contribution in [1.82, 2.24) is 0 Å². The first kappa shape index (κ1) is 19.0. The Balaban J connectivity index is 3.94. The van der Waals surface area contributed by atoms with E-state index < -0.39 is 7.60 Å². The van der Waals surface area contributed by atoms with Crippen molar-refractivity contribution in [1.29, 1.82) is 0 Å². The van der Waals surface area contributed by atoms with Gasteiger partial charge in [-0.1, -0.05) is 41.5 Å². The number of hydrogen-bond acceptors (Lipinski definition) is 5. The number of aromatic hydroxyl groups is 1. The van der Waals surface area contributed by atoms with Crippen LogP contribution in [0, 0.1) is 0 Å². The van der Waals surface area contributed by atoms with Crippen molar-refractivity contribution in [2.24, 2.45) is 0 Å². The average molecular weight is 329 g/mol. The lowest BCUT2D eigenvalue weighted by Crippen LogP contribution is -2.28. The molecule has 5 nitrogen and oxygen atoms in total. The Kier molecular flexibility index (Phi) is 5.08. The van der Waals surface area contributed by atoms with Crippen LogP contribution >= 0.6 is 7.60 Å². The van der Waals surface area contributed by atoms with Crippen LogP contribution in [0.25, 0.3) is 0 Å². The minimum Gasteiger partial charge on any atom is -0.505 e. The molecule has 0 aliphatic carbocycles.